The molecule has 0 bridgehead atoms. The lowest BCUT2D eigenvalue weighted by Crippen LogP contribution is -2.46. The number of anilines is 1. The maximum absolute atomic E-state index is 13.9. The Morgan fingerprint density at radius 3 is 2.62 bits per heavy atom. The van der Waals surface area contributed by atoms with Crippen LogP contribution in [0.25, 0.3) is 16.6 Å². The Kier molecular flexibility index (Phi) is 9.33. The molecule has 1 N–H and O–H groups in total. The van der Waals surface area contributed by atoms with Crippen LogP contribution in [0.3, 0.4) is 0 Å². The summed E-state index contributed by atoms with van der Waals surface area (Å²) in [5.74, 6) is 1.18. The molecule has 9 nitrogen and oxygen atoms in total. The number of carbonyl (C=O) groups excluding carboxylic acids is 1. The highest BCUT2D eigenvalue weighted by atomic mass is 19.1. The first-order chi connectivity index (χ1) is 20.5. The molecule has 0 saturated carbocycles. The van der Waals surface area contributed by atoms with Gasteiger partial charge in [0.05, 0.1) is 42.5 Å². The first-order valence-corrected chi connectivity index (χ1v) is 14.3. The molecule has 42 heavy (non-hydrogen) atoms. The standard InChI is InChI=1S/C32H36FN5O4/c1-3-42-29-11-5-4-10-28(29)37-18-16-36(17-19-37)15-7-12-31(39)34-22-30-35-27-20-23(33)13-14-26(27)32(40)38(30)24-8-6-9-25(21-24)41-2/h4-6,8-11,13-14,20-21H,3,7,12,15-19,22H2,1-2H3,(H,34,39). The molecule has 10 heteroatoms. The van der Waals surface area contributed by atoms with E-state index in [1.807, 2.05) is 25.1 Å². The van der Waals surface area contributed by atoms with E-state index in [4.69, 9.17) is 9.47 Å². The van der Waals surface area contributed by atoms with Crippen LogP contribution in [-0.2, 0) is 11.3 Å². The zero-order chi connectivity index (χ0) is 29.5. The first-order valence-electron chi connectivity index (χ1n) is 14.3. The fourth-order valence-corrected chi connectivity index (χ4v) is 5.28. The second-order valence-corrected chi connectivity index (χ2v) is 10.1. The summed E-state index contributed by atoms with van der Waals surface area (Å²) in [6, 6.07) is 19.1. The van der Waals surface area contributed by atoms with E-state index in [1.165, 1.54) is 22.8 Å². The van der Waals surface area contributed by atoms with E-state index in [2.05, 4.69) is 26.2 Å². The van der Waals surface area contributed by atoms with E-state index in [1.54, 1.807) is 31.4 Å². The number of carbonyl (C=O) groups is 1. The number of amides is 1. The van der Waals surface area contributed by atoms with Crippen LogP contribution in [0.5, 0.6) is 11.5 Å². The number of methoxy groups -OCH3 is 1. The number of nitrogens with one attached hydrogen (secondary N) is 1. The van der Waals surface area contributed by atoms with Crippen molar-refractivity contribution in [1.29, 1.82) is 0 Å². The molecule has 1 aromatic heterocycles. The summed E-state index contributed by atoms with van der Waals surface area (Å²) >= 11 is 0. The lowest BCUT2D eigenvalue weighted by molar-refractivity contribution is -0.121. The number of ether oxygens (including phenoxy) is 2. The molecule has 1 saturated heterocycles. The van der Waals surface area contributed by atoms with E-state index in [-0.39, 0.29) is 28.9 Å². The molecule has 2 heterocycles. The summed E-state index contributed by atoms with van der Waals surface area (Å²) in [7, 11) is 1.55. The number of nitrogens with zero attached hydrogens (tertiary/aromatic N) is 4. The lowest BCUT2D eigenvalue weighted by Gasteiger charge is -2.36. The van der Waals surface area contributed by atoms with Gasteiger partial charge < -0.3 is 19.7 Å². The van der Waals surface area contributed by atoms with Gasteiger partial charge in [0, 0.05) is 44.7 Å². The second-order valence-electron chi connectivity index (χ2n) is 10.1. The zero-order valence-electron chi connectivity index (χ0n) is 24.0. The molecule has 1 aliphatic rings. The van der Waals surface area contributed by atoms with Gasteiger partial charge in [0.25, 0.3) is 5.56 Å². The minimum absolute atomic E-state index is 0.0235. The average Bonchev–Trinajstić information content (AvgIpc) is 3.01. The maximum Gasteiger partial charge on any atom is 0.266 e. The summed E-state index contributed by atoms with van der Waals surface area (Å²) in [4.78, 5) is 35.5. The summed E-state index contributed by atoms with van der Waals surface area (Å²) in [5.41, 5.74) is 1.56. The van der Waals surface area contributed by atoms with Gasteiger partial charge in [0.2, 0.25) is 5.91 Å². The van der Waals surface area contributed by atoms with Crippen LogP contribution < -0.4 is 25.2 Å². The van der Waals surface area contributed by atoms with Gasteiger partial charge in [-0.05, 0) is 56.3 Å². The van der Waals surface area contributed by atoms with Crippen molar-refractivity contribution in [1.82, 2.24) is 19.8 Å². The fourth-order valence-electron chi connectivity index (χ4n) is 5.28. The number of benzene rings is 3. The van der Waals surface area contributed by atoms with Crippen molar-refractivity contribution in [2.45, 2.75) is 26.3 Å². The van der Waals surface area contributed by atoms with Gasteiger partial charge in [-0.1, -0.05) is 18.2 Å². The highest BCUT2D eigenvalue weighted by Gasteiger charge is 2.20. The molecule has 4 aromatic rings. The van der Waals surface area contributed by atoms with E-state index in [0.717, 1.165) is 44.2 Å². The van der Waals surface area contributed by atoms with Crippen molar-refractivity contribution in [2.75, 3.05) is 51.3 Å². The Balaban J connectivity index is 1.19. The lowest BCUT2D eigenvalue weighted by atomic mass is 10.2. The number of aromatic nitrogens is 2. The number of piperazine rings is 1. The van der Waals surface area contributed by atoms with E-state index in [9.17, 15) is 14.0 Å². The van der Waals surface area contributed by atoms with E-state index >= 15 is 0 Å². The third kappa shape index (κ3) is 6.71. The smallest absolute Gasteiger partial charge is 0.266 e. The Labute approximate surface area is 244 Å². The van der Waals surface area contributed by atoms with Crippen molar-refractivity contribution in [3.63, 3.8) is 0 Å². The number of hydrogen-bond donors (Lipinski definition) is 1. The van der Waals surface area contributed by atoms with Crippen molar-refractivity contribution >= 4 is 22.5 Å². The minimum Gasteiger partial charge on any atom is -0.497 e. The highest BCUT2D eigenvalue weighted by molar-refractivity contribution is 5.78. The predicted octanol–water partition coefficient (Wildman–Crippen LogP) is 4.15. The summed E-state index contributed by atoms with van der Waals surface area (Å²) in [5, 5.41) is 3.19. The average molecular weight is 574 g/mol. The summed E-state index contributed by atoms with van der Waals surface area (Å²) in [6.45, 7) is 7.07. The quantitative estimate of drug-likeness (QED) is 0.288. The van der Waals surface area contributed by atoms with Gasteiger partial charge >= 0.3 is 0 Å². The number of para-hydroxylation sites is 2. The van der Waals surface area contributed by atoms with Crippen LogP contribution in [0.2, 0.25) is 0 Å². The normalized spacial score (nSPS) is 13.7. The van der Waals surface area contributed by atoms with E-state index in [0.29, 0.717) is 36.7 Å². The van der Waals surface area contributed by atoms with Crippen molar-refractivity contribution in [2.24, 2.45) is 0 Å². The van der Waals surface area contributed by atoms with Crippen molar-refractivity contribution in [3.05, 3.63) is 88.7 Å². The highest BCUT2D eigenvalue weighted by Crippen LogP contribution is 2.29. The number of hydrogen-bond acceptors (Lipinski definition) is 7. The Hall–Kier alpha value is -4.44. The molecule has 0 aliphatic carbocycles. The molecule has 0 unspecified atom stereocenters. The molecule has 3 aromatic carbocycles. The second kappa shape index (κ2) is 13.5. The number of halogens is 1. The topological polar surface area (TPSA) is 88.9 Å². The van der Waals surface area contributed by atoms with Crippen molar-refractivity contribution in [3.8, 4) is 17.2 Å². The molecule has 5 rings (SSSR count). The zero-order valence-corrected chi connectivity index (χ0v) is 24.0. The van der Waals surface area contributed by atoms with Crippen LogP contribution in [0.15, 0.2) is 71.5 Å². The minimum atomic E-state index is -0.483. The molecular weight excluding hydrogens is 537 g/mol. The largest absolute Gasteiger partial charge is 0.497 e. The molecule has 0 atom stereocenters. The molecule has 220 valence electrons. The van der Waals surface area contributed by atoms with Crippen LogP contribution >= 0.6 is 0 Å². The maximum atomic E-state index is 13.9. The Morgan fingerprint density at radius 2 is 1.83 bits per heavy atom. The summed E-state index contributed by atoms with van der Waals surface area (Å²) in [6.07, 6.45) is 1.05. The van der Waals surface area contributed by atoms with Crippen molar-refractivity contribution < 1.29 is 18.7 Å². The SMILES string of the molecule is CCOc1ccccc1N1CCN(CCCC(=O)NCc2nc3cc(F)ccc3c(=O)n2-c2cccc(OC)c2)CC1. The fraction of sp³-hybridized carbons (Fsp3) is 0.344. The van der Waals surface area contributed by atoms with Gasteiger partial charge in [-0.2, -0.15) is 0 Å². The first kappa shape index (κ1) is 29.1. The summed E-state index contributed by atoms with van der Waals surface area (Å²) < 4.78 is 26.5. The van der Waals surface area contributed by atoms with Gasteiger partial charge in [0.1, 0.15) is 23.1 Å². The van der Waals surface area contributed by atoms with Crippen LogP contribution in [0.1, 0.15) is 25.6 Å². The molecule has 0 spiro atoms. The van der Waals surface area contributed by atoms with Crippen LogP contribution in [0, 0.1) is 5.82 Å². The third-order valence-corrected chi connectivity index (χ3v) is 7.41. The van der Waals surface area contributed by atoms with Crippen LogP contribution in [0.4, 0.5) is 10.1 Å². The number of fused-ring (bicyclic) bond motifs is 1. The van der Waals surface area contributed by atoms with Gasteiger partial charge in [-0.3, -0.25) is 19.1 Å². The molecule has 0 radical (unpaired) electrons. The molecular formula is C32H36FN5O4. The Bertz CT molecular complexity index is 1600. The van der Waals surface area contributed by atoms with Crippen LogP contribution in [-0.4, -0.2) is 66.8 Å². The monoisotopic (exact) mass is 573 g/mol. The third-order valence-electron chi connectivity index (χ3n) is 7.41. The molecule has 1 amide bonds. The predicted molar refractivity (Wildman–Crippen MR) is 161 cm³/mol. The van der Waals surface area contributed by atoms with Gasteiger partial charge in [-0.25, -0.2) is 9.37 Å². The number of rotatable bonds is 11. The van der Waals surface area contributed by atoms with Gasteiger partial charge in [-0.15, -0.1) is 0 Å². The van der Waals surface area contributed by atoms with Gasteiger partial charge in [0.15, 0.2) is 0 Å². The molecule has 1 fully saturated rings. The Morgan fingerprint density at radius 1 is 1.02 bits per heavy atom. The molecule has 1 aliphatic heterocycles. The van der Waals surface area contributed by atoms with E-state index < -0.39 is 5.82 Å².